The number of benzene rings is 2. The summed E-state index contributed by atoms with van der Waals surface area (Å²) in [5.41, 5.74) is 3.95. The lowest BCUT2D eigenvalue weighted by Crippen LogP contribution is -3.00. The van der Waals surface area contributed by atoms with Crippen LogP contribution < -0.4 is 17.0 Å². The Bertz CT molecular complexity index is 962. The van der Waals surface area contributed by atoms with Gasteiger partial charge in [-0.2, -0.15) is 0 Å². The number of hydrogen-bond donors (Lipinski definition) is 0. The molecule has 0 spiro atoms. The van der Waals surface area contributed by atoms with Crippen molar-refractivity contribution in [3.63, 3.8) is 0 Å². The molecule has 4 rings (SSSR count). The van der Waals surface area contributed by atoms with Crippen molar-refractivity contribution in [2.24, 2.45) is 5.92 Å². The number of nitrogens with zero attached hydrogens (tertiary/aromatic N) is 3. The third-order valence-electron chi connectivity index (χ3n) is 6.63. The molecule has 1 atom stereocenters. The van der Waals surface area contributed by atoms with E-state index in [9.17, 15) is 10.1 Å². The number of hydrogen-bond acceptors (Lipinski definition) is 3. The first-order chi connectivity index (χ1) is 14.4. The van der Waals surface area contributed by atoms with Crippen molar-refractivity contribution in [3.8, 4) is 0 Å². The summed E-state index contributed by atoms with van der Waals surface area (Å²) in [6.45, 7) is 7.67. The third kappa shape index (κ3) is 5.06. The van der Waals surface area contributed by atoms with Crippen molar-refractivity contribution in [1.82, 2.24) is 4.90 Å². The largest absolute Gasteiger partial charge is 1.00 e. The summed E-state index contributed by atoms with van der Waals surface area (Å²) in [6.07, 6.45) is 8.05. The highest BCUT2D eigenvalue weighted by Gasteiger charge is 2.45. The summed E-state index contributed by atoms with van der Waals surface area (Å²) in [6, 6.07) is 17.7. The van der Waals surface area contributed by atoms with Crippen LogP contribution in [0.2, 0.25) is 0 Å². The number of nitro benzene ring substituents is 1. The SMILES string of the molecule is CC1(C)C(Cc2ccccc2)C(N2CCCC2)=CC=[N+]1Cc1ccc([N+](=O)[O-])cc1.[Br-]. The zero-order valence-corrected chi connectivity index (χ0v) is 19.8. The summed E-state index contributed by atoms with van der Waals surface area (Å²) in [5.74, 6) is 0.376. The highest BCUT2D eigenvalue weighted by atomic mass is 79.9. The number of nitro groups is 1. The van der Waals surface area contributed by atoms with Crippen LogP contribution in [0.15, 0.2) is 66.4 Å². The fourth-order valence-electron chi connectivity index (χ4n) is 4.72. The van der Waals surface area contributed by atoms with Gasteiger partial charge in [0.15, 0.2) is 18.3 Å². The van der Waals surface area contributed by atoms with Crippen molar-refractivity contribution in [2.45, 2.75) is 45.2 Å². The van der Waals surface area contributed by atoms with Gasteiger partial charge in [0.05, 0.1) is 10.8 Å². The van der Waals surface area contributed by atoms with E-state index in [1.807, 2.05) is 12.1 Å². The monoisotopic (exact) mass is 483 g/mol. The van der Waals surface area contributed by atoms with Crippen LogP contribution in [0, 0.1) is 16.0 Å². The van der Waals surface area contributed by atoms with Gasteiger partial charge in [0, 0.05) is 56.4 Å². The predicted octanol–water partition coefficient (Wildman–Crippen LogP) is 1.81. The van der Waals surface area contributed by atoms with Crippen LogP contribution in [0.1, 0.15) is 37.8 Å². The van der Waals surface area contributed by atoms with E-state index < -0.39 is 0 Å². The maximum Gasteiger partial charge on any atom is 0.269 e. The minimum Gasteiger partial charge on any atom is -1.00 e. The topological polar surface area (TPSA) is 49.4 Å². The summed E-state index contributed by atoms with van der Waals surface area (Å²) < 4.78 is 2.39. The van der Waals surface area contributed by atoms with E-state index in [0.717, 1.165) is 31.6 Å². The molecule has 0 saturated carbocycles. The van der Waals surface area contributed by atoms with Crippen molar-refractivity contribution < 1.29 is 26.5 Å². The quantitative estimate of drug-likeness (QED) is 0.357. The van der Waals surface area contributed by atoms with Gasteiger partial charge in [0.1, 0.15) is 0 Å². The van der Waals surface area contributed by atoms with E-state index in [4.69, 9.17) is 0 Å². The second-order valence-corrected chi connectivity index (χ2v) is 8.88. The van der Waals surface area contributed by atoms with Crippen molar-refractivity contribution >= 4 is 11.9 Å². The molecular formula is C25H30BrN3O2. The number of likely N-dealkylation sites (tertiary alicyclic amines) is 1. The van der Waals surface area contributed by atoms with Gasteiger partial charge in [0.25, 0.3) is 5.69 Å². The Morgan fingerprint density at radius 3 is 2.29 bits per heavy atom. The van der Waals surface area contributed by atoms with E-state index in [0.29, 0.717) is 5.92 Å². The van der Waals surface area contributed by atoms with Crippen LogP contribution in [-0.2, 0) is 13.0 Å². The molecule has 31 heavy (non-hydrogen) atoms. The van der Waals surface area contributed by atoms with E-state index >= 15 is 0 Å². The smallest absolute Gasteiger partial charge is 0.269 e. The van der Waals surface area contributed by atoms with Gasteiger partial charge in [-0.15, -0.1) is 0 Å². The van der Waals surface area contributed by atoms with Crippen LogP contribution >= 0.6 is 0 Å². The van der Waals surface area contributed by atoms with Gasteiger partial charge in [-0.1, -0.05) is 30.3 Å². The molecule has 2 aliphatic rings. The Morgan fingerprint density at radius 1 is 1.03 bits per heavy atom. The minimum absolute atomic E-state index is 0. The molecular weight excluding hydrogens is 454 g/mol. The molecule has 2 aromatic rings. The number of non-ortho nitro benzene ring substituents is 1. The fourth-order valence-corrected chi connectivity index (χ4v) is 4.72. The van der Waals surface area contributed by atoms with Gasteiger partial charge in [-0.3, -0.25) is 10.1 Å². The Kier molecular flexibility index (Phi) is 7.31. The minimum atomic E-state index is -0.346. The van der Waals surface area contributed by atoms with Crippen LogP contribution in [0.25, 0.3) is 0 Å². The van der Waals surface area contributed by atoms with Crippen LogP contribution in [-0.4, -0.2) is 39.2 Å². The van der Waals surface area contributed by atoms with Crippen LogP contribution in [0.5, 0.6) is 0 Å². The lowest BCUT2D eigenvalue weighted by molar-refractivity contribution is -0.621. The summed E-state index contributed by atoms with van der Waals surface area (Å²) in [7, 11) is 0. The second-order valence-electron chi connectivity index (χ2n) is 8.88. The molecule has 2 heterocycles. The number of rotatable bonds is 6. The molecule has 1 saturated heterocycles. The van der Waals surface area contributed by atoms with Crippen molar-refractivity contribution in [3.05, 3.63) is 87.6 Å². The van der Waals surface area contributed by atoms with Gasteiger partial charge >= 0.3 is 0 Å². The Labute approximate surface area is 195 Å². The van der Waals surface area contributed by atoms with Gasteiger partial charge in [0.2, 0.25) is 0 Å². The molecule has 0 amide bonds. The molecule has 1 fully saturated rings. The molecule has 1 unspecified atom stereocenters. The maximum absolute atomic E-state index is 11.0. The molecule has 6 heteroatoms. The first-order valence-corrected chi connectivity index (χ1v) is 10.8. The van der Waals surface area contributed by atoms with Gasteiger partial charge < -0.3 is 21.9 Å². The highest BCUT2D eigenvalue weighted by molar-refractivity contribution is 5.69. The second kappa shape index (κ2) is 9.77. The van der Waals surface area contributed by atoms with E-state index in [1.54, 1.807) is 12.1 Å². The summed E-state index contributed by atoms with van der Waals surface area (Å²) >= 11 is 0. The van der Waals surface area contributed by atoms with Crippen molar-refractivity contribution in [2.75, 3.05) is 13.1 Å². The summed E-state index contributed by atoms with van der Waals surface area (Å²) in [4.78, 5) is 13.2. The molecule has 164 valence electrons. The highest BCUT2D eigenvalue weighted by Crippen LogP contribution is 2.37. The molecule has 2 aliphatic heterocycles. The first kappa shape index (κ1) is 23.2. The average Bonchev–Trinajstić information content (AvgIpc) is 3.27. The standard InChI is InChI=1S/C25H30N3O2.BrH/c1-25(2)23(18-20-8-4-3-5-9-20)24(26-15-6-7-16-26)14-17-27(25)19-21-10-12-22(13-11-21)28(29)30;/h3-5,8-14,17,23H,6-7,15-16,18-19H2,1-2H3;1H/q+1;/p-1. The first-order valence-electron chi connectivity index (χ1n) is 10.8. The van der Waals surface area contributed by atoms with Gasteiger partial charge in [-0.05, 0) is 37.0 Å². The molecule has 0 bridgehead atoms. The molecule has 5 nitrogen and oxygen atoms in total. The van der Waals surface area contributed by atoms with Crippen LogP contribution in [0.3, 0.4) is 0 Å². The van der Waals surface area contributed by atoms with Crippen LogP contribution in [0.4, 0.5) is 5.69 Å². The Morgan fingerprint density at radius 2 is 1.68 bits per heavy atom. The Hall–Kier alpha value is -2.47. The van der Waals surface area contributed by atoms with E-state index in [1.165, 1.54) is 24.1 Å². The predicted molar refractivity (Wildman–Crippen MR) is 120 cm³/mol. The number of halogens is 1. The molecule has 0 radical (unpaired) electrons. The molecule has 0 aliphatic carbocycles. The maximum atomic E-state index is 11.0. The molecule has 0 aromatic heterocycles. The third-order valence-corrected chi connectivity index (χ3v) is 6.63. The Balaban J connectivity index is 0.00000272. The van der Waals surface area contributed by atoms with E-state index in [-0.39, 0.29) is 33.1 Å². The van der Waals surface area contributed by atoms with Gasteiger partial charge in [-0.25, -0.2) is 4.58 Å². The zero-order chi connectivity index (χ0) is 21.1. The fraction of sp³-hybridized carbons (Fsp3) is 0.400. The summed E-state index contributed by atoms with van der Waals surface area (Å²) in [5, 5.41) is 11.0. The molecule has 0 N–H and O–H groups in total. The van der Waals surface area contributed by atoms with E-state index in [2.05, 4.69) is 65.9 Å². The normalized spacial score (nSPS) is 19.9. The van der Waals surface area contributed by atoms with Crippen molar-refractivity contribution in [1.29, 1.82) is 0 Å². The average molecular weight is 484 g/mol. The number of allylic oxidation sites excluding steroid dienone is 1. The zero-order valence-electron chi connectivity index (χ0n) is 18.2. The lowest BCUT2D eigenvalue weighted by Gasteiger charge is -2.39. The molecule has 2 aromatic carbocycles. The lowest BCUT2D eigenvalue weighted by atomic mass is 9.77.